The summed E-state index contributed by atoms with van der Waals surface area (Å²) in [6, 6.07) is 19.0. The van der Waals surface area contributed by atoms with Crippen molar-refractivity contribution in [3.8, 4) is 11.5 Å². The lowest BCUT2D eigenvalue weighted by molar-refractivity contribution is -0.113. The fourth-order valence-electron chi connectivity index (χ4n) is 4.57. The van der Waals surface area contributed by atoms with Crippen LogP contribution in [0.1, 0.15) is 42.1 Å². The Morgan fingerprint density at radius 1 is 1.08 bits per heavy atom. The number of rotatable bonds is 8. The number of carbonyl (C=O) groups is 1. The van der Waals surface area contributed by atoms with Crippen molar-refractivity contribution >= 4 is 33.5 Å². The molecule has 2 N–H and O–H groups in total. The van der Waals surface area contributed by atoms with Gasteiger partial charge in [0.15, 0.2) is 11.5 Å². The summed E-state index contributed by atoms with van der Waals surface area (Å²) in [5, 5.41) is 18.4. The van der Waals surface area contributed by atoms with E-state index in [2.05, 4.69) is 42.1 Å². The SMILES string of the molecule is CCOc1cc(C2C(C(=O)Nc3cccc(C)c3C)=C(C)Nc3nnnn32)cc(Br)c1OCc1ccccc1. The van der Waals surface area contributed by atoms with Crippen LogP contribution in [0.2, 0.25) is 0 Å². The summed E-state index contributed by atoms with van der Waals surface area (Å²) in [7, 11) is 0. The van der Waals surface area contributed by atoms with E-state index in [9.17, 15) is 4.79 Å². The van der Waals surface area contributed by atoms with Gasteiger partial charge in [-0.05, 0) is 94.5 Å². The van der Waals surface area contributed by atoms with Gasteiger partial charge in [0.25, 0.3) is 5.91 Å². The number of aryl methyl sites for hydroxylation is 1. The van der Waals surface area contributed by atoms with Gasteiger partial charge in [-0.1, -0.05) is 47.6 Å². The van der Waals surface area contributed by atoms with E-state index in [1.165, 1.54) is 0 Å². The van der Waals surface area contributed by atoms with Crippen LogP contribution in [-0.4, -0.2) is 32.7 Å². The number of halogens is 1. The highest BCUT2D eigenvalue weighted by molar-refractivity contribution is 9.10. The van der Waals surface area contributed by atoms with Crippen LogP contribution in [0.15, 0.2) is 76.4 Å². The standard InChI is InChI=1S/C29H29BrN6O3/c1-5-38-24-15-21(14-22(30)27(24)39-16-20-11-7-6-8-12-20)26-25(19(4)31-29-33-34-35-36(26)29)28(37)32-23-13-9-10-17(2)18(23)3/h6-15,26H,5,16H2,1-4H3,(H,32,37)(H,31,33,35). The number of ether oxygens (including phenoxy) is 2. The number of fused-ring (bicyclic) bond motifs is 1. The van der Waals surface area contributed by atoms with E-state index in [0.717, 1.165) is 27.9 Å². The summed E-state index contributed by atoms with van der Waals surface area (Å²) in [4.78, 5) is 13.8. The monoisotopic (exact) mass is 588 g/mol. The summed E-state index contributed by atoms with van der Waals surface area (Å²) in [6.45, 7) is 8.59. The van der Waals surface area contributed by atoms with Crippen LogP contribution >= 0.6 is 15.9 Å². The molecule has 10 heteroatoms. The second-order valence-corrected chi connectivity index (χ2v) is 10.1. The summed E-state index contributed by atoms with van der Waals surface area (Å²) in [5.74, 6) is 1.33. The van der Waals surface area contributed by atoms with Crippen molar-refractivity contribution in [2.75, 3.05) is 17.2 Å². The van der Waals surface area contributed by atoms with E-state index >= 15 is 0 Å². The first kappa shape index (κ1) is 26.4. The molecule has 0 bridgehead atoms. The molecule has 4 aromatic rings. The average molecular weight is 589 g/mol. The minimum atomic E-state index is -0.611. The summed E-state index contributed by atoms with van der Waals surface area (Å²) in [6.07, 6.45) is 0. The van der Waals surface area contributed by atoms with Crippen molar-refractivity contribution in [2.45, 2.75) is 40.3 Å². The Balaban J connectivity index is 1.55. The van der Waals surface area contributed by atoms with Crippen molar-refractivity contribution in [1.29, 1.82) is 0 Å². The normalized spacial score (nSPS) is 14.4. The highest BCUT2D eigenvalue weighted by Crippen LogP contribution is 2.43. The Hall–Kier alpha value is -4.18. The third-order valence-corrected chi connectivity index (χ3v) is 7.27. The van der Waals surface area contributed by atoms with Crippen molar-refractivity contribution in [2.24, 2.45) is 0 Å². The van der Waals surface area contributed by atoms with Crippen LogP contribution in [0.3, 0.4) is 0 Å². The molecule has 0 radical (unpaired) electrons. The van der Waals surface area contributed by atoms with Crippen LogP contribution in [0.4, 0.5) is 11.6 Å². The van der Waals surface area contributed by atoms with Gasteiger partial charge in [-0.2, -0.15) is 4.68 Å². The van der Waals surface area contributed by atoms with Gasteiger partial charge < -0.3 is 20.1 Å². The number of hydrogen-bond donors (Lipinski definition) is 2. The van der Waals surface area contributed by atoms with Gasteiger partial charge in [0.05, 0.1) is 16.7 Å². The first-order chi connectivity index (χ1) is 18.9. The summed E-state index contributed by atoms with van der Waals surface area (Å²) in [5.41, 5.74) is 5.80. The van der Waals surface area contributed by atoms with Gasteiger partial charge in [0, 0.05) is 11.4 Å². The van der Waals surface area contributed by atoms with Gasteiger partial charge in [0.2, 0.25) is 5.95 Å². The molecule has 39 heavy (non-hydrogen) atoms. The molecule has 9 nitrogen and oxygen atoms in total. The zero-order valence-electron chi connectivity index (χ0n) is 22.2. The molecular weight excluding hydrogens is 560 g/mol. The second-order valence-electron chi connectivity index (χ2n) is 9.25. The Bertz CT molecular complexity index is 1550. The van der Waals surface area contributed by atoms with E-state index < -0.39 is 6.04 Å². The average Bonchev–Trinajstić information content (AvgIpc) is 3.38. The molecule has 0 aliphatic carbocycles. The number of allylic oxidation sites excluding steroid dienone is 1. The Kier molecular flexibility index (Phi) is 7.65. The molecule has 3 aromatic carbocycles. The highest BCUT2D eigenvalue weighted by Gasteiger charge is 2.35. The van der Waals surface area contributed by atoms with Crippen LogP contribution in [-0.2, 0) is 11.4 Å². The van der Waals surface area contributed by atoms with Crippen LogP contribution in [0, 0.1) is 13.8 Å². The molecule has 1 unspecified atom stereocenters. The molecule has 1 amide bonds. The van der Waals surface area contributed by atoms with Crippen molar-refractivity contribution in [3.63, 3.8) is 0 Å². The van der Waals surface area contributed by atoms with Crippen molar-refractivity contribution in [3.05, 3.63) is 98.7 Å². The fraction of sp³-hybridized carbons (Fsp3) is 0.241. The van der Waals surface area contributed by atoms with E-state index in [4.69, 9.17) is 9.47 Å². The number of hydrogen-bond acceptors (Lipinski definition) is 7. The third kappa shape index (κ3) is 5.37. The Morgan fingerprint density at radius 2 is 1.87 bits per heavy atom. The molecule has 5 rings (SSSR count). The number of nitrogens with zero attached hydrogens (tertiary/aromatic N) is 4. The minimum Gasteiger partial charge on any atom is -0.490 e. The molecule has 1 aliphatic heterocycles. The van der Waals surface area contributed by atoms with Crippen molar-refractivity contribution < 1.29 is 14.3 Å². The zero-order chi connectivity index (χ0) is 27.5. The van der Waals surface area contributed by atoms with Crippen LogP contribution in [0.5, 0.6) is 11.5 Å². The van der Waals surface area contributed by atoms with E-state index in [1.54, 1.807) is 4.68 Å². The minimum absolute atomic E-state index is 0.252. The predicted molar refractivity (Wildman–Crippen MR) is 153 cm³/mol. The maximum Gasteiger partial charge on any atom is 0.255 e. The number of amides is 1. The maximum atomic E-state index is 13.8. The van der Waals surface area contributed by atoms with Gasteiger partial charge >= 0.3 is 0 Å². The highest BCUT2D eigenvalue weighted by atomic mass is 79.9. The van der Waals surface area contributed by atoms with Crippen LogP contribution in [0.25, 0.3) is 0 Å². The maximum absolute atomic E-state index is 13.8. The largest absolute Gasteiger partial charge is 0.490 e. The topological polar surface area (TPSA) is 103 Å². The molecule has 1 aromatic heterocycles. The molecule has 0 saturated heterocycles. The first-order valence-electron chi connectivity index (χ1n) is 12.6. The molecule has 0 saturated carbocycles. The van der Waals surface area contributed by atoms with Gasteiger partial charge in [-0.3, -0.25) is 4.79 Å². The van der Waals surface area contributed by atoms with E-state index in [0.29, 0.717) is 46.4 Å². The van der Waals surface area contributed by atoms with E-state index in [1.807, 2.05) is 88.4 Å². The lowest BCUT2D eigenvalue weighted by Gasteiger charge is -2.29. The zero-order valence-corrected chi connectivity index (χ0v) is 23.7. The van der Waals surface area contributed by atoms with Crippen LogP contribution < -0.4 is 20.1 Å². The molecule has 1 aliphatic rings. The van der Waals surface area contributed by atoms with Crippen molar-refractivity contribution in [1.82, 2.24) is 20.2 Å². The number of anilines is 2. The lowest BCUT2D eigenvalue weighted by Crippen LogP contribution is -2.31. The lowest BCUT2D eigenvalue weighted by atomic mass is 9.94. The molecular formula is C29H29BrN6O3. The fourth-order valence-corrected chi connectivity index (χ4v) is 5.14. The predicted octanol–water partition coefficient (Wildman–Crippen LogP) is 5.96. The third-order valence-electron chi connectivity index (χ3n) is 6.69. The summed E-state index contributed by atoms with van der Waals surface area (Å²) >= 11 is 3.68. The first-order valence-corrected chi connectivity index (χ1v) is 13.4. The number of carbonyl (C=O) groups excluding carboxylic acids is 1. The van der Waals surface area contributed by atoms with Gasteiger partial charge in [-0.25, -0.2) is 0 Å². The molecule has 2 heterocycles. The van der Waals surface area contributed by atoms with Gasteiger partial charge in [-0.15, -0.1) is 0 Å². The number of tetrazole rings is 1. The number of nitrogens with one attached hydrogen (secondary N) is 2. The second kappa shape index (κ2) is 11.3. The molecule has 1 atom stereocenters. The quantitative estimate of drug-likeness (QED) is 0.262. The molecule has 0 spiro atoms. The van der Waals surface area contributed by atoms with E-state index in [-0.39, 0.29) is 5.91 Å². The number of benzene rings is 3. The Labute approximate surface area is 235 Å². The smallest absolute Gasteiger partial charge is 0.255 e. The molecule has 0 fully saturated rings. The molecule has 200 valence electrons. The summed E-state index contributed by atoms with van der Waals surface area (Å²) < 4.78 is 14.5. The number of aromatic nitrogens is 4. The van der Waals surface area contributed by atoms with Gasteiger partial charge in [0.1, 0.15) is 12.6 Å². The Morgan fingerprint density at radius 3 is 2.64 bits per heavy atom.